The highest BCUT2D eigenvalue weighted by atomic mass is 32.2. The minimum absolute atomic E-state index is 0.0454. The summed E-state index contributed by atoms with van der Waals surface area (Å²) in [5.74, 6) is 0.900. The van der Waals surface area contributed by atoms with Crippen LogP contribution in [0.25, 0.3) is 0 Å². The van der Waals surface area contributed by atoms with Crippen LogP contribution in [-0.2, 0) is 10.8 Å². The number of carbonyl (C=O) groups excluding carboxylic acids is 1. The molecule has 0 aliphatic carbocycles. The second-order valence-corrected chi connectivity index (χ2v) is 6.15. The topological polar surface area (TPSA) is 50.8 Å². The first kappa shape index (κ1) is 16.2. The van der Waals surface area contributed by atoms with Crippen LogP contribution in [0.3, 0.4) is 0 Å². The van der Waals surface area contributed by atoms with E-state index in [2.05, 4.69) is 14.8 Å². The molecule has 0 radical (unpaired) electrons. The Morgan fingerprint density at radius 2 is 1.91 bits per heavy atom. The Hall–Kier alpha value is -1.68. The van der Waals surface area contributed by atoms with Crippen molar-refractivity contribution in [2.45, 2.75) is 12.4 Å². The van der Waals surface area contributed by atoms with Gasteiger partial charge in [0, 0.05) is 30.3 Å². The number of anilines is 1. The van der Waals surface area contributed by atoms with Gasteiger partial charge in [0.1, 0.15) is 5.75 Å². The third-order valence-corrected chi connectivity index (χ3v) is 4.26. The van der Waals surface area contributed by atoms with Crippen molar-refractivity contribution in [1.82, 2.24) is 4.90 Å². The van der Waals surface area contributed by atoms with Crippen LogP contribution < -0.4 is 10.1 Å². The lowest BCUT2D eigenvalue weighted by Gasteiger charge is -2.31. The lowest BCUT2D eigenvalue weighted by atomic mass is 10.1. The van der Waals surface area contributed by atoms with Crippen molar-refractivity contribution in [3.05, 3.63) is 23.8 Å². The molecule has 2 aliphatic heterocycles. The Bertz CT molecular complexity index is 623. The Labute approximate surface area is 132 Å². The van der Waals surface area contributed by atoms with E-state index in [1.807, 2.05) is 0 Å². The molecule has 0 saturated carbocycles. The van der Waals surface area contributed by atoms with Crippen LogP contribution in [0.2, 0.25) is 0 Å². The van der Waals surface area contributed by atoms with Gasteiger partial charge in [0.2, 0.25) is 0 Å². The number of nitrogens with one attached hydrogen (secondary N) is 1. The smallest absolute Gasteiger partial charge is 0.409 e. The highest BCUT2D eigenvalue weighted by Crippen LogP contribution is 2.46. The summed E-state index contributed by atoms with van der Waals surface area (Å²) in [6.45, 7) is 1.10. The average molecular weight is 352 g/mol. The fraction of sp³-hybridized carbons (Fsp3) is 0.462. The molecule has 0 spiro atoms. The Morgan fingerprint density at radius 1 is 1.22 bits per heavy atom. The van der Waals surface area contributed by atoms with Gasteiger partial charge in [-0.1, -0.05) is 0 Å². The Kier molecular flexibility index (Phi) is 4.05. The van der Waals surface area contributed by atoms with Gasteiger partial charge in [0.05, 0.1) is 5.56 Å². The number of alkyl halides is 4. The van der Waals surface area contributed by atoms with Gasteiger partial charge in [0.15, 0.2) is 0 Å². The first-order valence-electron chi connectivity index (χ1n) is 6.70. The maximum Gasteiger partial charge on any atom is 0.540 e. The normalized spacial score (nSPS) is 22.0. The number of rotatable bonds is 1. The number of amides is 2. The van der Waals surface area contributed by atoms with Gasteiger partial charge >= 0.3 is 18.4 Å². The third-order valence-electron chi connectivity index (χ3n) is 3.32. The molecule has 3 rings (SSSR count). The summed E-state index contributed by atoms with van der Waals surface area (Å²) < 4.78 is 60.6. The minimum atomic E-state index is -4.41. The summed E-state index contributed by atoms with van der Waals surface area (Å²) in [5, 5.41) is 2.47. The van der Waals surface area contributed by atoms with Crippen molar-refractivity contribution in [3.8, 4) is 5.75 Å². The summed E-state index contributed by atoms with van der Waals surface area (Å²) in [6, 6.07) is 2.59. The largest absolute Gasteiger partial charge is 0.540 e. The quantitative estimate of drug-likeness (QED) is 0.788. The zero-order valence-corrected chi connectivity index (χ0v) is 12.5. The van der Waals surface area contributed by atoms with E-state index in [0.29, 0.717) is 13.1 Å². The molecule has 0 aromatic heterocycles. The number of nitrogens with zero attached hydrogens (tertiary/aromatic N) is 1. The molecule has 1 fully saturated rings. The van der Waals surface area contributed by atoms with E-state index in [0.717, 1.165) is 23.6 Å². The van der Waals surface area contributed by atoms with Crippen LogP contribution in [0.5, 0.6) is 5.75 Å². The van der Waals surface area contributed by atoms with Gasteiger partial charge in [-0.05, 0) is 18.2 Å². The van der Waals surface area contributed by atoms with Crippen LogP contribution in [0.15, 0.2) is 18.2 Å². The van der Waals surface area contributed by atoms with Crippen molar-refractivity contribution < 1.29 is 31.8 Å². The van der Waals surface area contributed by atoms with Gasteiger partial charge in [0.25, 0.3) is 0 Å². The van der Waals surface area contributed by atoms with Gasteiger partial charge in [-0.3, -0.25) is 0 Å². The maximum atomic E-state index is 13.7. The fourth-order valence-electron chi connectivity index (χ4n) is 2.25. The molecular weight excluding hydrogens is 340 g/mol. The number of urea groups is 1. The van der Waals surface area contributed by atoms with Crippen molar-refractivity contribution in [2.24, 2.45) is 0 Å². The number of carbonyl (C=O) groups is 1. The Balaban J connectivity index is 1.79. The second kappa shape index (κ2) is 5.75. The molecule has 1 saturated heterocycles. The molecule has 2 aliphatic rings. The van der Waals surface area contributed by atoms with E-state index in [-0.39, 0.29) is 5.69 Å². The van der Waals surface area contributed by atoms with E-state index in [9.17, 15) is 22.4 Å². The molecule has 2 heterocycles. The van der Waals surface area contributed by atoms with Gasteiger partial charge in [-0.25, -0.2) is 9.53 Å². The maximum absolute atomic E-state index is 13.7. The number of thioether (sulfide) groups is 1. The van der Waals surface area contributed by atoms with Crippen molar-refractivity contribution in [3.63, 3.8) is 0 Å². The van der Waals surface area contributed by atoms with Crippen molar-refractivity contribution in [2.75, 3.05) is 29.9 Å². The van der Waals surface area contributed by atoms with Crippen LogP contribution in [0.1, 0.15) is 5.56 Å². The molecule has 1 N–H and O–H groups in total. The van der Waals surface area contributed by atoms with E-state index in [1.54, 1.807) is 16.7 Å². The highest BCUT2D eigenvalue weighted by Gasteiger charge is 2.54. The molecule has 10 heteroatoms. The minimum Gasteiger partial charge on any atom is -0.409 e. The monoisotopic (exact) mass is 352 g/mol. The number of fused-ring (bicyclic) bond motifs is 1. The summed E-state index contributed by atoms with van der Waals surface area (Å²) in [4.78, 5) is 13.6. The zero-order valence-electron chi connectivity index (χ0n) is 11.7. The number of hydrogen-bond donors (Lipinski definition) is 1. The van der Waals surface area contributed by atoms with Crippen LogP contribution in [-0.4, -0.2) is 41.8 Å². The number of benzene rings is 1. The van der Waals surface area contributed by atoms with Gasteiger partial charge < -0.3 is 15.0 Å². The molecule has 126 valence electrons. The lowest BCUT2D eigenvalue weighted by Crippen LogP contribution is -2.42. The molecule has 23 heavy (non-hydrogen) atoms. The lowest BCUT2D eigenvalue weighted by molar-refractivity contribution is -0.461. The summed E-state index contributed by atoms with van der Waals surface area (Å²) >= 11 is 1.72. The van der Waals surface area contributed by atoms with E-state index in [1.165, 1.54) is 6.07 Å². The molecule has 0 unspecified atom stereocenters. The highest BCUT2D eigenvalue weighted by molar-refractivity contribution is 7.99. The number of ether oxygens (including phenoxy) is 2. The van der Waals surface area contributed by atoms with Gasteiger partial charge in [-0.15, -0.1) is 8.78 Å². The van der Waals surface area contributed by atoms with E-state index < -0.39 is 29.7 Å². The van der Waals surface area contributed by atoms with E-state index in [4.69, 9.17) is 0 Å². The Morgan fingerprint density at radius 3 is 2.61 bits per heavy atom. The molecule has 5 nitrogen and oxygen atoms in total. The molecular formula is C13H12F4N2O3S. The molecule has 0 bridgehead atoms. The SMILES string of the molecule is O=C(Nc1ccc2c(c1)C(F)(F)OC(F)(F)O2)N1CCSCC1. The fourth-order valence-corrected chi connectivity index (χ4v) is 3.15. The van der Waals surface area contributed by atoms with E-state index >= 15 is 0 Å². The predicted octanol–water partition coefficient (Wildman–Crippen LogP) is 3.28. The third kappa shape index (κ3) is 3.47. The summed E-state index contributed by atoms with van der Waals surface area (Å²) in [7, 11) is 0. The second-order valence-electron chi connectivity index (χ2n) is 4.92. The average Bonchev–Trinajstić information content (AvgIpc) is 2.47. The number of halogens is 4. The molecule has 1 aromatic rings. The summed E-state index contributed by atoms with van der Waals surface area (Å²) in [5.41, 5.74) is -0.820. The first-order chi connectivity index (χ1) is 10.8. The number of hydrogen-bond acceptors (Lipinski definition) is 4. The zero-order chi connectivity index (χ0) is 16.7. The van der Waals surface area contributed by atoms with Crippen LogP contribution in [0, 0.1) is 0 Å². The van der Waals surface area contributed by atoms with Crippen molar-refractivity contribution in [1.29, 1.82) is 0 Å². The molecule has 2 amide bonds. The standard InChI is InChI=1S/C13H12F4N2O3S/c14-12(15)9-7-8(1-2-10(9)21-13(16,17)22-12)18-11(20)19-3-5-23-6-4-19/h1-2,7H,3-6H2,(H,18,20). The van der Waals surface area contributed by atoms with Crippen molar-refractivity contribution >= 4 is 23.5 Å². The first-order valence-corrected chi connectivity index (χ1v) is 7.85. The molecule has 0 atom stereocenters. The van der Waals surface area contributed by atoms with Crippen LogP contribution in [0.4, 0.5) is 28.0 Å². The molecule has 1 aromatic carbocycles. The van der Waals surface area contributed by atoms with Crippen LogP contribution >= 0.6 is 11.8 Å². The predicted molar refractivity (Wildman–Crippen MR) is 74.9 cm³/mol. The summed E-state index contributed by atoms with van der Waals surface area (Å²) in [6.07, 6.45) is -8.63. The van der Waals surface area contributed by atoms with Gasteiger partial charge in [-0.2, -0.15) is 20.5 Å².